The minimum absolute atomic E-state index is 0.236. The average Bonchev–Trinajstić information content (AvgIpc) is 2.55. The summed E-state index contributed by atoms with van der Waals surface area (Å²) in [6.45, 7) is 6.24. The third-order valence-corrected chi connectivity index (χ3v) is 4.12. The van der Waals surface area contributed by atoms with E-state index >= 15 is 0 Å². The van der Waals surface area contributed by atoms with Crippen molar-refractivity contribution in [3.63, 3.8) is 0 Å². The third kappa shape index (κ3) is 3.11. The van der Waals surface area contributed by atoms with Crippen LogP contribution < -0.4 is 5.32 Å². The number of nitrogens with one attached hydrogen (secondary N) is 1. The molecule has 23 heavy (non-hydrogen) atoms. The van der Waals surface area contributed by atoms with Gasteiger partial charge in [0.2, 0.25) is 5.95 Å². The minimum Gasteiger partial charge on any atom is -0.507 e. The Morgan fingerprint density at radius 2 is 1.96 bits per heavy atom. The summed E-state index contributed by atoms with van der Waals surface area (Å²) in [5, 5.41) is 14.6. The van der Waals surface area contributed by atoms with E-state index in [1.807, 2.05) is 37.3 Å². The normalized spacial score (nSPS) is 12.3. The number of rotatable bonds is 4. The largest absolute Gasteiger partial charge is 0.507 e. The van der Waals surface area contributed by atoms with E-state index in [9.17, 15) is 5.11 Å². The fourth-order valence-corrected chi connectivity index (χ4v) is 2.55. The highest BCUT2D eigenvalue weighted by Crippen LogP contribution is 2.34. The molecule has 118 valence electrons. The first-order valence-electron chi connectivity index (χ1n) is 7.90. The molecular formula is C19H21N3O. The van der Waals surface area contributed by atoms with Crippen molar-refractivity contribution in [2.24, 2.45) is 0 Å². The van der Waals surface area contributed by atoms with E-state index in [-0.39, 0.29) is 5.75 Å². The molecule has 3 aromatic rings. The average molecular weight is 307 g/mol. The van der Waals surface area contributed by atoms with Crippen molar-refractivity contribution in [3.8, 4) is 16.9 Å². The van der Waals surface area contributed by atoms with Gasteiger partial charge in [-0.2, -0.15) is 0 Å². The minimum atomic E-state index is 0.236. The monoisotopic (exact) mass is 307 g/mol. The molecule has 0 bridgehead atoms. The molecule has 2 N–H and O–H groups in total. The van der Waals surface area contributed by atoms with Gasteiger partial charge in [0.15, 0.2) is 0 Å². The Morgan fingerprint density at radius 1 is 1.17 bits per heavy atom. The van der Waals surface area contributed by atoms with Crippen LogP contribution in [-0.4, -0.2) is 21.1 Å². The first kappa shape index (κ1) is 15.3. The highest BCUT2D eigenvalue weighted by molar-refractivity contribution is 5.88. The molecule has 4 nitrogen and oxygen atoms in total. The Morgan fingerprint density at radius 3 is 2.70 bits per heavy atom. The van der Waals surface area contributed by atoms with Crippen LogP contribution >= 0.6 is 0 Å². The van der Waals surface area contributed by atoms with Crippen molar-refractivity contribution in [1.29, 1.82) is 0 Å². The second-order valence-electron chi connectivity index (χ2n) is 5.89. The number of nitrogens with zero attached hydrogens (tertiary/aromatic N) is 2. The summed E-state index contributed by atoms with van der Waals surface area (Å²) in [7, 11) is 0. The van der Waals surface area contributed by atoms with E-state index in [0.29, 0.717) is 12.0 Å². The van der Waals surface area contributed by atoms with Gasteiger partial charge < -0.3 is 10.4 Å². The quantitative estimate of drug-likeness (QED) is 0.744. The maximum atomic E-state index is 10.4. The van der Waals surface area contributed by atoms with Crippen molar-refractivity contribution in [2.75, 3.05) is 5.32 Å². The van der Waals surface area contributed by atoms with Crippen LogP contribution in [0.5, 0.6) is 5.75 Å². The van der Waals surface area contributed by atoms with Gasteiger partial charge in [0.05, 0.1) is 5.52 Å². The summed E-state index contributed by atoms with van der Waals surface area (Å²) in [5.74, 6) is 0.829. The topological polar surface area (TPSA) is 58.0 Å². The summed E-state index contributed by atoms with van der Waals surface area (Å²) in [6, 6.07) is 12.0. The number of hydrogen-bond acceptors (Lipinski definition) is 4. The number of hydrogen-bond donors (Lipinski definition) is 2. The van der Waals surface area contributed by atoms with Gasteiger partial charge in [-0.15, -0.1) is 0 Å². The molecule has 1 aromatic heterocycles. The second kappa shape index (κ2) is 6.24. The maximum absolute atomic E-state index is 10.4. The van der Waals surface area contributed by atoms with Crippen molar-refractivity contribution in [3.05, 3.63) is 48.2 Å². The lowest BCUT2D eigenvalue weighted by Crippen LogP contribution is -2.15. The Balaban J connectivity index is 2.06. The summed E-state index contributed by atoms with van der Waals surface area (Å²) in [5.41, 5.74) is 3.69. The first-order chi connectivity index (χ1) is 11.1. The smallest absolute Gasteiger partial charge is 0.223 e. The molecule has 0 radical (unpaired) electrons. The zero-order valence-corrected chi connectivity index (χ0v) is 13.7. The van der Waals surface area contributed by atoms with Gasteiger partial charge in [-0.05, 0) is 37.5 Å². The third-order valence-electron chi connectivity index (χ3n) is 4.12. The summed E-state index contributed by atoms with van der Waals surface area (Å²) in [4.78, 5) is 8.88. The number of benzene rings is 2. The lowest BCUT2D eigenvalue weighted by Gasteiger charge is -2.13. The van der Waals surface area contributed by atoms with Crippen LogP contribution in [0.4, 0.5) is 5.95 Å². The molecule has 0 unspecified atom stereocenters. The van der Waals surface area contributed by atoms with Gasteiger partial charge >= 0.3 is 0 Å². The molecule has 3 rings (SSSR count). The van der Waals surface area contributed by atoms with Crippen LogP contribution in [0.2, 0.25) is 0 Å². The molecule has 2 aromatic carbocycles. The Labute approximate surface area is 136 Å². The molecule has 0 saturated carbocycles. The van der Waals surface area contributed by atoms with Crippen LogP contribution in [-0.2, 0) is 0 Å². The number of aromatic hydroxyl groups is 1. The highest BCUT2D eigenvalue weighted by atomic mass is 16.3. The van der Waals surface area contributed by atoms with Gasteiger partial charge in [-0.3, -0.25) is 0 Å². The molecule has 1 heterocycles. The van der Waals surface area contributed by atoms with Crippen LogP contribution in [0.3, 0.4) is 0 Å². The molecular weight excluding hydrogens is 286 g/mol. The molecule has 0 aliphatic heterocycles. The first-order valence-corrected chi connectivity index (χ1v) is 7.90. The van der Waals surface area contributed by atoms with E-state index in [1.165, 1.54) is 0 Å². The van der Waals surface area contributed by atoms with Crippen LogP contribution in [0.1, 0.15) is 25.8 Å². The van der Waals surface area contributed by atoms with Crippen LogP contribution in [0.15, 0.2) is 42.6 Å². The molecule has 0 amide bonds. The predicted molar refractivity (Wildman–Crippen MR) is 94.8 cm³/mol. The molecule has 0 aliphatic carbocycles. The maximum Gasteiger partial charge on any atom is 0.223 e. The number of aryl methyl sites for hydroxylation is 1. The lowest BCUT2D eigenvalue weighted by molar-refractivity contribution is 0.478. The van der Waals surface area contributed by atoms with Crippen molar-refractivity contribution >= 4 is 16.9 Å². The number of anilines is 1. The Hall–Kier alpha value is -2.62. The van der Waals surface area contributed by atoms with Crippen molar-refractivity contribution < 1.29 is 5.11 Å². The van der Waals surface area contributed by atoms with Crippen LogP contribution in [0, 0.1) is 6.92 Å². The molecule has 0 spiro atoms. The molecule has 0 fully saturated rings. The number of aromatic nitrogens is 2. The molecule has 1 atom stereocenters. The van der Waals surface area contributed by atoms with Gasteiger partial charge in [0, 0.05) is 29.3 Å². The number of phenols is 1. The van der Waals surface area contributed by atoms with E-state index < -0.39 is 0 Å². The number of fused-ring (bicyclic) bond motifs is 1. The van der Waals surface area contributed by atoms with Gasteiger partial charge in [0.1, 0.15) is 5.75 Å². The van der Waals surface area contributed by atoms with Crippen molar-refractivity contribution in [2.45, 2.75) is 33.2 Å². The highest BCUT2D eigenvalue weighted by Gasteiger charge is 2.10. The fourth-order valence-electron chi connectivity index (χ4n) is 2.55. The molecule has 4 heteroatoms. The van der Waals surface area contributed by atoms with Gasteiger partial charge in [0.25, 0.3) is 0 Å². The molecule has 0 saturated heterocycles. The van der Waals surface area contributed by atoms with E-state index in [0.717, 1.165) is 34.0 Å². The summed E-state index contributed by atoms with van der Waals surface area (Å²) < 4.78 is 0. The van der Waals surface area contributed by atoms with Gasteiger partial charge in [-0.1, -0.05) is 31.2 Å². The second-order valence-corrected chi connectivity index (χ2v) is 5.89. The van der Waals surface area contributed by atoms with Crippen LogP contribution in [0.25, 0.3) is 22.0 Å². The zero-order valence-electron chi connectivity index (χ0n) is 13.7. The summed E-state index contributed by atoms with van der Waals surface area (Å²) in [6.07, 6.45) is 2.80. The fraction of sp³-hybridized carbons (Fsp3) is 0.263. The number of phenolic OH excluding ortho intramolecular Hbond substituents is 1. The van der Waals surface area contributed by atoms with Gasteiger partial charge in [-0.25, -0.2) is 9.97 Å². The van der Waals surface area contributed by atoms with E-state index in [2.05, 4.69) is 29.1 Å². The molecule has 0 aliphatic rings. The summed E-state index contributed by atoms with van der Waals surface area (Å²) >= 11 is 0. The van der Waals surface area contributed by atoms with E-state index in [4.69, 9.17) is 0 Å². The van der Waals surface area contributed by atoms with E-state index in [1.54, 1.807) is 12.3 Å². The SMILES string of the molecule is CC[C@H](C)Nc1ncc2cc(-c3ccccc3C)c(O)cc2n1. The van der Waals surface area contributed by atoms with Crippen molar-refractivity contribution in [1.82, 2.24) is 9.97 Å². The predicted octanol–water partition coefficient (Wildman–Crippen LogP) is 4.52. The zero-order chi connectivity index (χ0) is 16.4. The Kier molecular flexibility index (Phi) is 4.15. The standard InChI is InChI=1S/C19H21N3O/c1-4-13(3)21-19-20-11-14-9-16(18(23)10-17(14)22-19)15-8-6-5-7-12(15)2/h5-11,13,23H,4H2,1-3H3,(H,20,21,22)/t13-/m0/s1. The lowest BCUT2D eigenvalue weighted by atomic mass is 9.98. The Bertz CT molecular complexity index is 845.